The average molecular weight is 162 g/mol. The normalized spacial score (nSPS) is 9.91. The molecule has 0 radical (unpaired) electrons. The average Bonchev–Trinajstić information content (AvgIpc) is 1.96. The molecule has 0 bridgehead atoms. The van der Waals surface area contributed by atoms with E-state index >= 15 is 0 Å². The molecule has 0 fully saturated rings. The number of carboxylic acids is 1. The molecule has 0 saturated heterocycles. The number of aliphatic carboxylic acids is 1. The van der Waals surface area contributed by atoms with Crippen molar-refractivity contribution in [3.8, 4) is 0 Å². The maximum atomic E-state index is 9.88. The Morgan fingerprint density at radius 2 is 2.09 bits per heavy atom. The van der Waals surface area contributed by atoms with Gasteiger partial charge >= 0.3 is 5.97 Å². The van der Waals surface area contributed by atoms with Gasteiger partial charge in [-0.3, -0.25) is 0 Å². The summed E-state index contributed by atoms with van der Waals surface area (Å²) in [6.45, 7) is 2.17. The van der Waals surface area contributed by atoms with Gasteiger partial charge in [-0.2, -0.15) is 0 Å². The van der Waals surface area contributed by atoms with Crippen LogP contribution in [0.25, 0.3) is 0 Å². The summed E-state index contributed by atoms with van der Waals surface area (Å²) in [4.78, 5) is 18.8. The number of hydrogen-bond acceptors (Lipinski definition) is 3. The van der Waals surface area contributed by atoms with Gasteiger partial charge in [-0.25, -0.2) is 14.6 Å². The van der Waals surface area contributed by atoms with E-state index in [0.29, 0.717) is 6.61 Å². The van der Waals surface area contributed by atoms with E-state index in [0.717, 1.165) is 19.3 Å². The SMILES string of the molecule is CCCCCOOCC(=O)O. The summed E-state index contributed by atoms with van der Waals surface area (Å²) < 4.78 is 0. The molecule has 4 nitrogen and oxygen atoms in total. The van der Waals surface area contributed by atoms with Crippen LogP contribution in [0.4, 0.5) is 0 Å². The molecule has 0 aromatic heterocycles. The molecular formula is C7H14O4. The Kier molecular flexibility index (Phi) is 7.08. The zero-order valence-corrected chi connectivity index (χ0v) is 6.71. The summed E-state index contributed by atoms with van der Waals surface area (Å²) in [7, 11) is 0. The van der Waals surface area contributed by atoms with Gasteiger partial charge in [0, 0.05) is 0 Å². The van der Waals surface area contributed by atoms with Crippen molar-refractivity contribution in [2.75, 3.05) is 13.2 Å². The van der Waals surface area contributed by atoms with Crippen LogP contribution in [0, 0.1) is 0 Å². The Hall–Kier alpha value is -0.610. The Labute approximate surface area is 66.0 Å². The molecule has 4 heteroatoms. The Balaban J connectivity index is 2.85. The second kappa shape index (κ2) is 7.50. The molecule has 0 unspecified atom stereocenters. The first-order valence-corrected chi connectivity index (χ1v) is 3.73. The smallest absolute Gasteiger partial charge is 0.333 e. The fraction of sp³-hybridized carbons (Fsp3) is 0.857. The van der Waals surface area contributed by atoms with Crippen molar-refractivity contribution in [2.45, 2.75) is 26.2 Å². The summed E-state index contributed by atoms with van der Waals surface area (Å²) >= 11 is 0. The fourth-order valence-corrected chi connectivity index (χ4v) is 0.562. The van der Waals surface area contributed by atoms with E-state index in [1.165, 1.54) is 0 Å². The summed E-state index contributed by atoms with van der Waals surface area (Å²) in [6, 6.07) is 0. The molecule has 0 saturated carbocycles. The molecule has 66 valence electrons. The third-order valence-electron chi connectivity index (χ3n) is 1.10. The van der Waals surface area contributed by atoms with Crippen molar-refractivity contribution < 1.29 is 19.7 Å². The quantitative estimate of drug-likeness (QED) is 0.347. The molecule has 0 atom stereocenters. The van der Waals surface area contributed by atoms with E-state index in [-0.39, 0.29) is 6.61 Å². The molecule has 0 aliphatic carbocycles. The van der Waals surface area contributed by atoms with Gasteiger partial charge in [-0.1, -0.05) is 19.8 Å². The van der Waals surface area contributed by atoms with E-state index in [4.69, 9.17) is 5.11 Å². The van der Waals surface area contributed by atoms with E-state index < -0.39 is 5.97 Å². The minimum Gasteiger partial charge on any atom is -0.479 e. The molecule has 0 aliphatic rings. The van der Waals surface area contributed by atoms with Gasteiger partial charge in [-0.15, -0.1) is 0 Å². The molecule has 0 heterocycles. The third kappa shape index (κ3) is 9.39. The van der Waals surface area contributed by atoms with Crippen LogP contribution >= 0.6 is 0 Å². The van der Waals surface area contributed by atoms with Crippen molar-refractivity contribution >= 4 is 5.97 Å². The summed E-state index contributed by atoms with van der Waals surface area (Å²) in [5, 5.41) is 8.11. The second-order valence-electron chi connectivity index (χ2n) is 2.19. The highest BCUT2D eigenvalue weighted by molar-refractivity contribution is 5.67. The van der Waals surface area contributed by atoms with Crippen LogP contribution < -0.4 is 0 Å². The molecule has 0 aliphatic heterocycles. The van der Waals surface area contributed by atoms with Crippen LogP contribution in [0.2, 0.25) is 0 Å². The largest absolute Gasteiger partial charge is 0.479 e. The van der Waals surface area contributed by atoms with Gasteiger partial charge in [-0.05, 0) is 6.42 Å². The highest BCUT2D eigenvalue weighted by Crippen LogP contribution is 1.93. The lowest BCUT2D eigenvalue weighted by Crippen LogP contribution is -2.07. The zero-order valence-electron chi connectivity index (χ0n) is 6.71. The van der Waals surface area contributed by atoms with Crippen molar-refractivity contribution in [3.63, 3.8) is 0 Å². The van der Waals surface area contributed by atoms with Gasteiger partial charge in [0.1, 0.15) is 0 Å². The minimum atomic E-state index is -1.01. The van der Waals surface area contributed by atoms with Crippen molar-refractivity contribution in [3.05, 3.63) is 0 Å². The molecule has 0 amide bonds. The topological polar surface area (TPSA) is 55.8 Å². The van der Waals surface area contributed by atoms with Crippen molar-refractivity contribution in [2.24, 2.45) is 0 Å². The van der Waals surface area contributed by atoms with Gasteiger partial charge in [0.05, 0.1) is 6.61 Å². The fourth-order valence-electron chi connectivity index (χ4n) is 0.562. The standard InChI is InChI=1S/C7H14O4/c1-2-3-4-5-10-11-6-7(8)9/h2-6H2,1H3,(H,8,9). The Morgan fingerprint density at radius 3 is 2.64 bits per heavy atom. The monoisotopic (exact) mass is 162 g/mol. The molecule has 0 aromatic carbocycles. The number of carboxylic acid groups (broad SMARTS) is 1. The van der Waals surface area contributed by atoms with E-state index in [2.05, 4.69) is 16.7 Å². The minimum absolute atomic E-state index is 0.383. The lowest BCUT2D eigenvalue weighted by molar-refractivity contribution is -0.292. The number of hydrogen-bond donors (Lipinski definition) is 1. The van der Waals surface area contributed by atoms with E-state index in [1.54, 1.807) is 0 Å². The van der Waals surface area contributed by atoms with Crippen LogP contribution in [0.1, 0.15) is 26.2 Å². The molecule has 0 rings (SSSR count). The van der Waals surface area contributed by atoms with Crippen LogP contribution in [-0.4, -0.2) is 24.3 Å². The van der Waals surface area contributed by atoms with Gasteiger partial charge < -0.3 is 5.11 Å². The lowest BCUT2D eigenvalue weighted by atomic mass is 10.3. The van der Waals surface area contributed by atoms with Crippen LogP contribution in [0.5, 0.6) is 0 Å². The molecule has 0 spiro atoms. The third-order valence-corrected chi connectivity index (χ3v) is 1.10. The van der Waals surface area contributed by atoms with Crippen LogP contribution in [-0.2, 0) is 14.6 Å². The van der Waals surface area contributed by atoms with Crippen molar-refractivity contribution in [1.82, 2.24) is 0 Å². The summed E-state index contributed by atoms with van der Waals surface area (Å²) in [6.07, 6.45) is 3.11. The number of unbranched alkanes of at least 4 members (excludes halogenated alkanes) is 2. The molecule has 1 N–H and O–H groups in total. The van der Waals surface area contributed by atoms with Crippen molar-refractivity contribution in [1.29, 1.82) is 0 Å². The van der Waals surface area contributed by atoms with E-state index in [1.807, 2.05) is 0 Å². The highest BCUT2D eigenvalue weighted by atomic mass is 17.2. The van der Waals surface area contributed by atoms with Gasteiger partial charge in [0.25, 0.3) is 0 Å². The maximum absolute atomic E-state index is 9.88. The van der Waals surface area contributed by atoms with Gasteiger partial charge in [0.15, 0.2) is 6.61 Å². The predicted molar refractivity (Wildman–Crippen MR) is 39.1 cm³/mol. The predicted octanol–water partition coefficient (Wildman–Crippen LogP) is 1.21. The summed E-state index contributed by atoms with van der Waals surface area (Å²) in [5.41, 5.74) is 0. The zero-order chi connectivity index (χ0) is 8.53. The molecule has 0 aromatic rings. The summed E-state index contributed by atoms with van der Waals surface area (Å²) in [5.74, 6) is -1.01. The highest BCUT2D eigenvalue weighted by Gasteiger charge is 1.95. The molecular weight excluding hydrogens is 148 g/mol. The molecule has 11 heavy (non-hydrogen) atoms. The Bertz CT molecular complexity index is 103. The first kappa shape index (κ1) is 10.4. The van der Waals surface area contributed by atoms with Crippen LogP contribution in [0.15, 0.2) is 0 Å². The number of rotatable bonds is 7. The first-order chi connectivity index (χ1) is 5.27. The second-order valence-corrected chi connectivity index (χ2v) is 2.19. The number of carbonyl (C=O) groups is 1. The Morgan fingerprint density at radius 1 is 1.36 bits per heavy atom. The van der Waals surface area contributed by atoms with E-state index in [9.17, 15) is 4.79 Å². The lowest BCUT2D eigenvalue weighted by Gasteiger charge is -1.99. The first-order valence-electron chi connectivity index (χ1n) is 3.73. The van der Waals surface area contributed by atoms with Gasteiger partial charge in [0.2, 0.25) is 0 Å². The van der Waals surface area contributed by atoms with Crippen LogP contribution in [0.3, 0.4) is 0 Å². The maximum Gasteiger partial charge on any atom is 0.333 e.